The van der Waals surface area contributed by atoms with Crippen LogP contribution < -0.4 is 5.32 Å². The fraction of sp³-hybridized carbons (Fsp3) is 0.125. The lowest BCUT2D eigenvalue weighted by molar-refractivity contribution is 0.0950. The Morgan fingerprint density at radius 3 is 2.72 bits per heavy atom. The van der Waals surface area contributed by atoms with Gasteiger partial charge in [-0.15, -0.1) is 5.10 Å². The van der Waals surface area contributed by atoms with Gasteiger partial charge in [0, 0.05) is 29.2 Å². The van der Waals surface area contributed by atoms with Gasteiger partial charge in [-0.05, 0) is 54.4 Å². The fourth-order valence-corrected chi connectivity index (χ4v) is 4.08. The molecule has 0 aliphatic rings. The number of hydrogen-bond acceptors (Lipinski definition) is 6. The lowest BCUT2D eigenvalue weighted by Gasteiger charge is -2.09. The second-order valence-corrected chi connectivity index (χ2v) is 8.05. The maximum Gasteiger partial charge on any atom is 0.251 e. The SMILES string of the molecule is Cc1nc2ccc(C(=O)NCc3ccccn3)cc2n1Cc1ccc(-c2csnn2)cc1. The molecule has 0 unspecified atom stereocenters. The van der Waals surface area contributed by atoms with Gasteiger partial charge in [-0.2, -0.15) is 0 Å². The van der Waals surface area contributed by atoms with Crippen molar-refractivity contribution in [2.75, 3.05) is 0 Å². The van der Waals surface area contributed by atoms with E-state index in [0.29, 0.717) is 18.7 Å². The van der Waals surface area contributed by atoms with Crippen molar-refractivity contribution in [1.82, 2.24) is 29.4 Å². The van der Waals surface area contributed by atoms with Gasteiger partial charge in [0.2, 0.25) is 0 Å². The molecule has 7 nitrogen and oxygen atoms in total. The number of carbonyl (C=O) groups excluding carboxylic acids is 1. The average molecular weight is 441 g/mol. The van der Waals surface area contributed by atoms with Crippen molar-refractivity contribution in [2.24, 2.45) is 0 Å². The van der Waals surface area contributed by atoms with E-state index in [0.717, 1.165) is 39.4 Å². The Hall–Kier alpha value is -3.91. The van der Waals surface area contributed by atoms with E-state index in [1.54, 1.807) is 6.20 Å². The first kappa shape index (κ1) is 20.0. The number of fused-ring (bicyclic) bond motifs is 1. The molecule has 5 rings (SSSR count). The van der Waals surface area contributed by atoms with Crippen molar-refractivity contribution in [2.45, 2.75) is 20.0 Å². The summed E-state index contributed by atoms with van der Waals surface area (Å²) >= 11 is 1.34. The van der Waals surface area contributed by atoms with Crippen LogP contribution >= 0.6 is 11.5 Å². The van der Waals surface area contributed by atoms with Crippen LogP contribution in [0.15, 0.2) is 72.2 Å². The summed E-state index contributed by atoms with van der Waals surface area (Å²) in [6.07, 6.45) is 1.72. The van der Waals surface area contributed by atoms with Gasteiger partial charge in [-0.25, -0.2) is 4.98 Å². The molecule has 0 spiro atoms. The van der Waals surface area contributed by atoms with E-state index in [-0.39, 0.29) is 5.91 Å². The molecule has 5 aromatic rings. The molecule has 2 aromatic carbocycles. The number of rotatable bonds is 6. The standard InChI is InChI=1S/C24H20N6OS/c1-16-27-21-10-9-19(24(31)26-13-20-4-2-3-11-25-20)12-23(21)30(16)14-17-5-7-18(8-6-17)22-15-32-29-28-22/h2-12,15H,13-14H2,1H3,(H,26,31). The zero-order valence-electron chi connectivity index (χ0n) is 17.4. The van der Waals surface area contributed by atoms with Crippen molar-refractivity contribution in [3.05, 3.63) is 94.9 Å². The molecule has 158 valence electrons. The first-order valence-electron chi connectivity index (χ1n) is 10.2. The Bertz CT molecular complexity index is 1360. The van der Waals surface area contributed by atoms with Gasteiger partial charge in [0.1, 0.15) is 11.5 Å². The molecular formula is C24H20N6OS. The summed E-state index contributed by atoms with van der Waals surface area (Å²) in [6.45, 7) is 3.03. The maximum atomic E-state index is 12.7. The molecule has 0 fully saturated rings. The number of pyridine rings is 1. The number of nitrogens with zero attached hydrogens (tertiary/aromatic N) is 5. The molecule has 0 aliphatic heterocycles. The minimum atomic E-state index is -0.135. The van der Waals surface area contributed by atoms with E-state index in [1.165, 1.54) is 11.5 Å². The van der Waals surface area contributed by atoms with Gasteiger partial charge in [0.05, 0.1) is 23.3 Å². The molecule has 0 bridgehead atoms. The van der Waals surface area contributed by atoms with Crippen LogP contribution in [0.1, 0.15) is 27.4 Å². The maximum absolute atomic E-state index is 12.7. The molecule has 0 radical (unpaired) electrons. The average Bonchev–Trinajstić information content (AvgIpc) is 3.47. The van der Waals surface area contributed by atoms with Crippen molar-refractivity contribution in [3.8, 4) is 11.3 Å². The summed E-state index contributed by atoms with van der Waals surface area (Å²) in [6, 6.07) is 19.5. The summed E-state index contributed by atoms with van der Waals surface area (Å²) in [4.78, 5) is 21.6. The molecule has 0 saturated heterocycles. The topological polar surface area (TPSA) is 85.6 Å². The van der Waals surface area contributed by atoms with Gasteiger partial charge in [-0.3, -0.25) is 9.78 Å². The van der Waals surface area contributed by atoms with Crippen molar-refractivity contribution >= 4 is 28.5 Å². The van der Waals surface area contributed by atoms with Crippen molar-refractivity contribution in [1.29, 1.82) is 0 Å². The molecule has 0 saturated carbocycles. The first-order chi connectivity index (χ1) is 15.7. The van der Waals surface area contributed by atoms with Crippen LogP contribution in [-0.4, -0.2) is 30.0 Å². The summed E-state index contributed by atoms with van der Waals surface area (Å²) in [5.74, 6) is 0.767. The van der Waals surface area contributed by atoms with Gasteiger partial charge < -0.3 is 9.88 Å². The van der Waals surface area contributed by atoms with Crippen LogP contribution in [0, 0.1) is 6.92 Å². The number of benzene rings is 2. The van der Waals surface area contributed by atoms with Crippen LogP contribution in [0.2, 0.25) is 0 Å². The Kier molecular flexibility index (Phi) is 5.43. The minimum Gasteiger partial charge on any atom is -0.346 e. The van der Waals surface area contributed by atoms with E-state index in [4.69, 9.17) is 0 Å². The molecule has 1 amide bonds. The lowest BCUT2D eigenvalue weighted by Crippen LogP contribution is -2.23. The smallest absolute Gasteiger partial charge is 0.251 e. The highest BCUT2D eigenvalue weighted by molar-refractivity contribution is 7.03. The molecule has 1 N–H and O–H groups in total. The summed E-state index contributed by atoms with van der Waals surface area (Å²) < 4.78 is 6.05. The third-order valence-electron chi connectivity index (χ3n) is 5.31. The largest absolute Gasteiger partial charge is 0.346 e. The van der Waals surface area contributed by atoms with Crippen LogP contribution in [0.4, 0.5) is 0 Å². The number of amides is 1. The Labute approximate surface area is 189 Å². The summed E-state index contributed by atoms with van der Waals surface area (Å²) in [5, 5.41) is 8.99. The minimum absolute atomic E-state index is 0.135. The summed E-state index contributed by atoms with van der Waals surface area (Å²) in [5.41, 5.74) is 6.29. The highest BCUT2D eigenvalue weighted by atomic mass is 32.1. The molecule has 8 heteroatoms. The van der Waals surface area contributed by atoms with Crippen molar-refractivity contribution < 1.29 is 4.79 Å². The predicted octanol–water partition coefficient (Wildman–Crippen LogP) is 4.24. The number of aryl methyl sites for hydroxylation is 1. The highest BCUT2D eigenvalue weighted by Gasteiger charge is 2.13. The summed E-state index contributed by atoms with van der Waals surface area (Å²) in [7, 11) is 0. The molecule has 3 aromatic heterocycles. The van der Waals surface area contributed by atoms with E-state index < -0.39 is 0 Å². The van der Waals surface area contributed by atoms with E-state index in [9.17, 15) is 4.79 Å². The zero-order chi connectivity index (χ0) is 21.9. The van der Waals surface area contributed by atoms with Crippen molar-refractivity contribution in [3.63, 3.8) is 0 Å². The Morgan fingerprint density at radius 1 is 1.09 bits per heavy atom. The molecule has 3 heterocycles. The lowest BCUT2D eigenvalue weighted by atomic mass is 10.1. The van der Waals surface area contributed by atoms with E-state index in [1.807, 2.05) is 48.7 Å². The third kappa shape index (κ3) is 4.13. The van der Waals surface area contributed by atoms with Gasteiger partial charge in [-0.1, -0.05) is 34.8 Å². The Morgan fingerprint density at radius 2 is 1.97 bits per heavy atom. The second-order valence-electron chi connectivity index (χ2n) is 7.44. The first-order valence-corrected chi connectivity index (χ1v) is 11.0. The number of aromatic nitrogens is 5. The van der Waals surface area contributed by atoms with Crippen LogP contribution in [0.25, 0.3) is 22.3 Å². The van der Waals surface area contributed by atoms with Crippen LogP contribution in [0.3, 0.4) is 0 Å². The number of nitrogens with one attached hydrogen (secondary N) is 1. The van der Waals surface area contributed by atoms with Gasteiger partial charge in [0.25, 0.3) is 5.91 Å². The zero-order valence-corrected chi connectivity index (χ0v) is 18.2. The molecule has 32 heavy (non-hydrogen) atoms. The predicted molar refractivity (Wildman–Crippen MR) is 124 cm³/mol. The number of hydrogen-bond donors (Lipinski definition) is 1. The second kappa shape index (κ2) is 8.68. The van der Waals surface area contributed by atoms with E-state index >= 15 is 0 Å². The Balaban J connectivity index is 1.37. The quantitative estimate of drug-likeness (QED) is 0.427. The monoisotopic (exact) mass is 440 g/mol. The molecular weight excluding hydrogens is 420 g/mol. The number of imidazole rings is 1. The number of carbonyl (C=O) groups is 1. The fourth-order valence-electron chi connectivity index (χ4n) is 3.61. The highest BCUT2D eigenvalue weighted by Crippen LogP contribution is 2.22. The molecule has 0 aliphatic carbocycles. The van der Waals surface area contributed by atoms with E-state index in [2.05, 4.69) is 53.7 Å². The van der Waals surface area contributed by atoms with Gasteiger partial charge >= 0.3 is 0 Å². The normalized spacial score (nSPS) is 11.0. The van der Waals surface area contributed by atoms with Crippen LogP contribution in [-0.2, 0) is 13.1 Å². The molecule has 0 atom stereocenters. The van der Waals surface area contributed by atoms with Gasteiger partial charge in [0.15, 0.2) is 0 Å². The van der Waals surface area contributed by atoms with Crippen LogP contribution in [0.5, 0.6) is 0 Å². The third-order valence-corrected chi connectivity index (χ3v) is 5.81.